The first-order valence-corrected chi connectivity index (χ1v) is 5.87. The van der Waals surface area contributed by atoms with Crippen LogP contribution in [0.3, 0.4) is 0 Å². The molecule has 1 heterocycles. The molecule has 3 rings (SSSR count). The fourth-order valence-corrected chi connectivity index (χ4v) is 2.07. The molecule has 0 unspecified atom stereocenters. The average Bonchev–Trinajstić information content (AvgIpc) is 2.74. The van der Waals surface area contributed by atoms with Gasteiger partial charge >= 0.3 is 5.97 Å². The third-order valence-electron chi connectivity index (χ3n) is 2.94. The lowest BCUT2D eigenvalue weighted by Crippen LogP contribution is -1.98. The van der Waals surface area contributed by atoms with Gasteiger partial charge in [-0.2, -0.15) is 0 Å². The lowest BCUT2D eigenvalue weighted by Gasteiger charge is -2.01. The third kappa shape index (κ3) is 2.17. The summed E-state index contributed by atoms with van der Waals surface area (Å²) >= 11 is 0. The van der Waals surface area contributed by atoms with E-state index >= 15 is 0 Å². The molecule has 96 valence electrons. The highest BCUT2D eigenvalue weighted by molar-refractivity contribution is 6.05. The number of fused-ring (bicyclic) bond motifs is 3. The van der Waals surface area contributed by atoms with Crippen molar-refractivity contribution < 1.29 is 18.3 Å². The van der Waals surface area contributed by atoms with E-state index < -0.39 is 0 Å². The Balaban J connectivity index is 2.12. The van der Waals surface area contributed by atoms with Gasteiger partial charge in [0.1, 0.15) is 23.6 Å². The number of furan rings is 1. The van der Waals surface area contributed by atoms with Gasteiger partial charge in [-0.15, -0.1) is 0 Å². The zero-order chi connectivity index (χ0) is 13.4. The summed E-state index contributed by atoms with van der Waals surface area (Å²) in [6.07, 6.45) is 0. The van der Waals surface area contributed by atoms with Gasteiger partial charge in [0.05, 0.1) is 0 Å². The number of hydrogen-bond acceptors (Lipinski definition) is 3. The molecule has 0 radical (unpaired) electrons. The molecule has 2 aromatic carbocycles. The molecule has 0 bridgehead atoms. The van der Waals surface area contributed by atoms with Gasteiger partial charge in [-0.25, -0.2) is 4.39 Å². The van der Waals surface area contributed by atoms with Gasteiger partial charge in [0, 0.05) is 17.7 Å². The highest BCUT2D eigenvalue weighted by atomic mass is 19.1. The second kappa shape index (κ2) is 4.39. The van der Waals surface area contributed by atoms with Crippen molar-refractivity contribution >= 4 is 27.9 Å². The summed E-state index contributed by atoms with van der Waals surface area (Å²) in [7, 11) is 0. The van der Waals surface area contributed by atoms with Crippen LogP contribution in [-0.4, -0.2) is 5.97 Å². The van der Waals surface area contributed by atoms with Crippen LogP contribution in [0.5, 0.6) is 0 Å². The van der Waals surface area contributed by atoms with E-state index in [9.17, 15) is 9.18 Å². The Morgan fingerprint density at radius 2 is 1.84 bits per heavy atom. The maximum absolute atomic E-state index is 13.3. The number of carbonyl (C=O) groups is 1. The molecule has 0 saturated carbocycles. The minimum Gasteiger partial charge on any atom is -0.461 e. The zero-order valence-corrected chi connectivity index (χ0v) is 10.3. The average molecular weight is 258 g/mol. The van der Waals surface area contributed by atoms with Gasteiger partial charge in [-0.3, -0.25) is 4.79 Å². The molecule has 0 aliphatic heterocycles. The molecule has 0 aliphatic rings. The van der Waals surface area contributed by atoms with Gasteiger partial charge in [0.15, 0.2) is 0 Å². The second-order valence-corrected chi connectivity index (χ2v) is 4.35. The van der Waals surface area contributed by atoms with Crippen LogP contribution in [0, 0.1) is 5.82 Å². The number of esters is 1. The van der Waals surface area contributed by atoms with E-state index in [1.54, 1.807) is 12.1 Å². The van der Waals surface area contributed by atoms with Crippen molar-refractivity contribution in [1.82, 2.24) is 0 Å². The van der Waals surface area contributed by atoms with Crippen LogP contribution in [0.4, 0.5) is 4.39 Å². The molecule has 3 nitrogen and oxygen atoms in total. The predicted octanol–water partition coefficient (Wildman–Crippen LogP) is 3.79. The predicted molar refractivity (Wildman–Crippen MR) is 69.1 cm³/mol. The van der Waals surface area contributed by atoms with Gasteiger partial charge in [0.2, 0.25) is 0 Å². The maximum Gasteiger partial charge on any atom is 0.302 e. The Morgan fingerprint density at radius 1 is 1.16 bits per heavy atom. The largest absolute Gasteiger partial charge is 0.461 e. The highest BCUT2D eigenvalue weighted by Gasteiger charge is 2.09. The van der Waals surface area contributed by atoms with Crippen LogP contribution in [-0.2, 0) is 16.1 Å². The normalized spacial score (nSPS) is 11.1. The van der Waals surface area contributed by atoms with Crippen LogP contribution >= 0.6 is 0 Å². The summed E-state index contributed by atoms with van der Waals surface area (Å²) in [5.74, 6) is -0.635. The Bertz CT molecular complexity index is 774. The Morgan fingerprint density at radius 3 is 2.58 bits per heavy atom. The molecular formula is C15H11FO3. The lowest BCUT2D eigenvalue weighted by molar-refractivity contribution is -0.142. The van der Waals surface area contributed by atoms with Gasteiger partial charge in [0.25, 0.3) is 0 Å². The van der Waals surface area contributed by atoms with Crippen LogP contribution in [0.25, 0.3) is 21.9 Å². The fraction of sp³-hybridized carbons (Fsp3) is 0.133. The summed E-state index contributed by atoms with van der Waals surface area (Å²) in [6, 6.07) is 9.89. The van der Waals surface area contributed by atoms with Crippen molar-refractivity contribution in [2.45, 2.75) is 13.5 Å². The minimum absolute atomic E-state index is 0.202. The Labute approximate surface area is 108 Å². The zero-order valence-electron chi connectivity index (χ0n) is 10.3. The summed E-state index contributed by atoms with van der Waals surface area (Å²) in [6.45, 7) is 1.56. The van der Waals surface area contributed by atoms with Crippen LogP contribution in [0.1, 0.15) is 12.5 Å². The Kier molecular flexibility index (Phi) is 2.71. The number of carbonyl (C=O) groups excluding carboxylic acids is 1. The molecule has 0 N–H and O–H groups in total. The number of ether oxygens (including phenoxy) is 1. The molecule has 0 saturated heterocycles. The number of rotatable bonds is 2. The number of hydrogen-bond donors (Lipinski definition) is 0. The van der Waals surface area contributed by atoms with E-state index in [0.29, 0.717) is 11.2 Å². The molecule has 0 spiro atoms. The van der Waals surface area contributed by atoms with Crippen molar-refractivity contribution in [3.63, 3.8) is 0 Å². The summed E-state index contributed by atoms with van der Waals surface area (Å²) in [5.41, 5.74) is 2.17. The molecule has 0 fully saturated rings. The molecular weight excluding hydrogens is 247 g/mol. The maximum atomic E-state index is 13.3. The third-order valence-corrected chi connectivity index (χ3v) is 2.94. The van der Waals surface area contributed by atoms with Crippen LogP contribution < -0.4 is 0 Å². The first kappa shape index (κ1) is 11.7. The summed E-state index contributed by atoms with van der Waals surface area (Å²) < 4.78 is 23.8. The smallest absolute Gasteiger partial charge is 0.302 e. The van der Waals surface area contributed by atoms with E-state index in [0.717, 1.165) is 16.3 Å². The van der Waals surface area contributed by atoms with Crippen molar-refractivity contribution in [2.24, 2.45) is 0 Å². The van der Waals surface area contributed by atoms with E-state index in [1.807, 2.05) is 12.1 Å². The molecule has 1 aromatic heterocycles. The molecule has 0 amide bonds. The molecule has 0 atom stereocenters. The number of halogens is 1. The quantitative estimate of drug-likeness (QED) is 0.656. The van der Waals surface area contributed by atoms with E-state index in [4.69, 9.17) is 9.15 Å². The van der Waals surface area contributed by atoms with Gasteiger partial charge in [-0.05, 0) is 35.9 Å². The molecule has 4 heteroatoms. The number of benzene rings is 2. The minimum atomic E-state index is -0.330. The topological polar surface area (TPSA) is 39.4 Å². The molecule has 0 aliphatic carbocycles. The first-order valence-electron chi connectivity index (χ1n) is 5.87. The van der Waals surface area contributed by atoms with Crippen molar-refractivity contribution in [2.75, 3.05) is 0 Å². The van der Waals surface area contributed by atoms with Crippen LogP contribution in [0.2, 0.25) is 0 Å². The standard InChI is InChI=1S/C15H11FO3/c1-9(17)18-8-10-2-4-14-12(6-10)13-7-11(16)3-5-15(13)19-14/h2-7H,8H2,1H3. The summed E-state index contributed by atoms with van der Waals surface area (Å²) in [4.78, 5) is 10.8. The summed E-state index contributed by atoms with van der Waals surface area (Å²) in [5, 5.41) is 1.54. The first-order chi connectivity index (χ1) is 9.13. The monoisotopic (exact) mass is 258 g/mol. The van der Waals surface area contributed by atoms with E-state index in [2.05, 4.69) is 0 Å². The highest BCUT2D eigenvalue weighted by Crippen LogP contribution is 2.30. The molecule has 3 aromatic rings. The van der Waals surface area contributed by atoms with E-state index in [-0.39, 0.29) is 18.4 Å². The van der Waals surface area contributed by atoms with Gasteiger partial charge in [-0.1, -0.05) is 6.07 Å². The van der Waals surface area contributed by atoms with Crippen molar-refractivity contribution in [3.05, 3.63) is 47.8 Å². The molecule has 19 heavy (non-hydrogen) atoms. The van der Waals surface area contributed by atoms with Crippen molar-refractivity contribution in [3.8, 4) is 0 Å². The Hall–Kier alpha value is -2.36. The lowest BCUT2D eigenvalue weighted by atomic mass is 10.1. The van der Waals surface area contributed by atoms with Gasteiger partial charge < -0.3 is 9.15 Å². The second-order valence-electron chi connectivity index (χ2n) is 4.35. The fourth-order valence-electron chi connectivity index (χ4n) is 2.07. The SMILES string of the molecule is CC(=O)OCc1ccc2oc3ccc(F)cc3c2c1. The van der Waals surface area contributed by atoms with Crippen LogP contribution in [0.15, 0.2) is 40.8 Å². The van der Waals surface area contributed by atoms with E-state index in [1.165, 1.54) is 19.1 Å². The van der Waals surface area contributed by atoms with Crippen molar-refractivity contribution in [1.29, 1.82) is 0 Å².